The summed E-state index contributed by atoms with van der Waals surface area (Å²) in [4.78, 5) is 11.5. The lowest BCUT2D eigenvalue weighted by Gasteiger charge is -2.07. The van der Waals surface area contributed by atoms with Gasteiger partial charge in [-0.3, -0.25) is 4.79 Å². The number of carbonyl (C=O) groups is 1. The van der Waals surface area contributed by atoms with Gasteiger partial charge in [0.25, 0.3) is 0 Å². The van der Waals surface area contributed by atoms with Gasteiger partial charge in [-0.2, -0.15) is 0 Å². The molecule has 100 valence electrons. The standard InChI is InChI=1S/C13H20N2O3/c1-17-8-9-18-10-13(16)15-12-4-2-11(3-5-12)6-7-14/h2-5H,6-10,14H2,1H3,(H,15,16). The molecule has 0 saturated carbocycles. The summed E-state index contributed by atoms with van der Waals surface area (Å²) < 4.78 is 9.93. The van der Waals surface area contributed by atoms with Crippen LogP contribution in [0.4, 0.5) is 5.69 Å². The largest absolute Gasteiger partial charge is 0.382 e. The van der Waals surface area contributed by atoms with Crippen molar-refractivity contribution in [3.63, 3.8) is 0 Å². The summed E-state index contributed by atoms with van der Waals surface area (Å²) in [6.45, 7) is 1.56. The SMILES string of the molecule is COCCOCC(=O)Nc1ccc(CCN)cc1. The second-order valence-electron chi connectivity index (χ2n) is 3.83. The van der Waals surface area contributed by atoms with E-state index in [1.54, 1.807) is 7.11 Å². The third-order valence-corrected chi connectivity index (χ3v) is 2.34. The van der Waals surface area contributed by atoms with Crippen LogP contribution in [0.2, 0.25) is 0 Å². The molecule has 0 saturated heterocycles. The number of nitrogens with one attached hydrogen (secondary N) is 1. The highest BCUT2D eigenvalue weighted by atomic mass is 16.5. The first-order valence-corrected chi connectivity index (χ1v) is 5.92. The number of rotatable bonds is 8. The minimum absolute atomic E-state index is 0.0356. The van der Waals surface area contributed by atoms with Crippen molar-refractivity contribution >= 4 is 11.6 Å². The maximum Gasteiger partial charge on any atom is 0.250 e. The summed E-state index contributed by atoms with van der Waals surface area (Å²) in [5, 5.41) is 2.75. The van der Waals surface area contributed by atoms with E-state index < -0.39 is 0 Å². The zero-order valence-electron chi connectivity index (χ0n) is 10.6. The third-order valence-electron chi connectivity index (χ3n) is 2.34. The van der Waals surface area contributed by atoms with Gasteiger partial charge in [-0.05, 0) is 30.7 Å². The highest BCUT2D eigenvalue weighted by Gasteiger charge is 2.02. The molecule has 0 aliphatic heterocycles. The van der Waals surface area contributed by atoms with Gasteiger partial charge < -0.3 is 20.5 Å². The van der Waals surface area contributed by atoms with Crippen LogP contribution in [-0.4, -0.2) is 39.4 Å². The first-order chi connectivity index (χ1) is 8.76. The number of ether oxygens (including phenoxy) is 2. The van der Waals surface area contributed by atoms with Gasteiger partial charge in [-0.15, -0.1) is 0 Å². The molecule has 1 rings (SSSR count). The molecule has 5 heteroatoms. The highest BCUT2D eigenvalue weighted by molar-refractivity contribution is 5.91. The number of carbonyl (C=O) groups excluding carboxylic acids is 1. The zero-order chi connectivity index (χ0) is 13.2. The predicted molar refractivity (Wildman–Crippen MR) is 70.5 cm³/mol. The molecule has 3 N–H and O–H groups in total. The Labute approximate surface area is 107 Å². The smallest absolute Gasteiger partial charge is 0.250 e. The normalized spacial score (nSPS) is 10.3. The van der Waals surface area contributed by atoms with Crippen LogP contribution in [0, 0.1) is 0 Å². The number of hydrogen-bond acceptors (Lipinski definition) is 4. The van der Waals surface area contributed by atoms with Gasteiger partial charge >= 0.3 is 0 Å². The third kappa shape index (κ3) is 5.77. The highest BCUT2D eigenvalue weighted by Crippen LogP contribution is 2.09. The average Bonchev–Trinajstić information content (AvgIpc) is 2.37. The Morgan fingerprint density at radius 2 is 2.00 bits per heavy atom. The van der Waals surface area contributed by atoms with Crippen LogP contribution in [-0.2, 0) is 20.7 Å². The minimum atomic E-state index is -0.169. The minimum Gasteiger partial charge on any atom is -0.382 e. The first kappa shape index (κ1) is 14.6. The Bertz CT molecular complexity index is 352. The van der Waals surface area contributed by atoms with Crippen LogP contribution < -0.4 is 11.1 Å². The van der Waals surface area contributed by atoms with E-state index in [9.17, 15) is 4.79 Å². The van der Waals surface area contributed by atoms with Crippen LogP contribution in [0.5, 0.6) is 0 Å². The number of amides is 1. The van der Waals surface area contributed by atoms with E-state index >= 15 is 0 Å². The van der Waals surface area contributed by atoms with E-state index in [4.69, 9.17) is 15.2 Å². The topological polar surface area (TPSA) is 73.6 Å². The molecule has 0 fully saturated rings. The molecule has 1 aromatic rings. The Balaban J connectivity index is 2.30. The molecule has 0 aliphatic rings. The van der Waals surface area contributed by atoms with E-state index in [1.165, 1.54) is 0 Å². The predicted octanol–water partition coefficient (Wildman–Crippen LogP) is 0.789. The summed E-state index contributed by atoms with van der Waals surface area (Å²) in [5.41, 5.74) is 7.38. The monoisotopic (exact) mass is 252 g/mol. The molecule has 0 heterocycles. The van der Waals surface area contributed by atoms with Crippen molar-refractivity contribution in [2.45, 2.75) is 6.42 Å². The van der Waals surface area contributed by atoms with Gasteiger partial charge in [-0.25, -0.2) is 0 Å². The Kier molecular flexibility index (Phi) is 7.01. The van der Waals surface area contributed by atoms with Crippen molar-refractivity contribution in [2.75, 3.05) is 38.8 Å². The molecule has 0 bridgehead atoms. The van der Waals surface area contributed by atoms with Crippen molar-refractivity contribution in [3.8, 4) is 0 Å². The van der Waals surface area contributed by atoms with E-state index in [0.29, 0.717) is 19.8 Å². The average molecular weight is 252 g/mol. The van der Waals surface area contributed by atoms with Crippen molar-refractivity contribution < 1.29 is 14.3 Å². The molecule has 0 unspecified atom stereocenters. The van der Waals surface area contributed by atoms with Gasteiger partial charge in [-0.1, -0.05) is 12.1 Å². The maximum atomic E-state index is 11.5. The molecule has 1 amide bonds. The number of hydrogen-bond donors (Lipinski definition) is 2. The van der Waals surface area contributed by atoms with Crippen molar-refractivity contribution in [1.82, 2.24) is 0 Å². The number of anilines is 1. The lowest BCUT2D eigenvalue weighted by molar-refractivity contribution is -0.121. The second kappa shape index (κ2) is 8.63. The number of benzene rings is 1. The van der Waals surface area contributed by atoms with Gasteiger partial charge in [0.1, 0.15) is 6.61 Å². The first-order valence-electron chi connectivity index (χ1n) is 5.92. The van der Waals surface area contributed by atoms with E-state index in [1.807, 2.05) is 24.3 Å². The molecule has 0 spiro atoms. The van der Waals surface area contributed by atoms with Gasteiger partial charge in [0.05, 0.1) is 13.2 Å². The van der Waals surface area contributed by atoms with Crippen molar-refractivity contribution in [2.24, 2.45) is 5.73 Å². The van der Waals surface area contributed by atoms with Crippen molar-refractivity contribution in [1.29, 1.82) is 0 Å². The molecule has 0 aromatic heterocycles. The fourth-order valence-corrected chi connectivity index (χ4v) is 1.43. The Morgan fingerprint density at radius 3 is 2.61 bits per heavy atom. The molecule has 18 heavy (non-hydrogen) atoms. The van der Waals surface area contributed by atoms with Gasteiger partial charge in [0.15, 0.2) is 0 Å². The number of methoxy groups -OCH3 is 1. The Morgan fingerprint density at radius 1 is 1.28 bits per heavy atom. The molecule has 5 nitrogen and oxygen atoms in total. The molecular weight excluding hydrogens is 232 g/mol. The van der Waals surface area contributed by atoms with E-state index in [2.05, 4.69) is 5.32 Å². The molecule has 0 atom stereocenters. The quantitative estimate of drug-likeness (QED) is 0.671. The van der Waals surface area contributed by atoms with Crippen molar-refractivity contribution in [3.05, 3.63) is 29.8 Å². The number of nitrogens with two attached hydrogens (primary N) is 1. The summed E-state index contributed by atoms with van der Waals surface area (Å²) in [6.07, 6.45) is 0.842. The molecule has 0 radical (unpaired) electrons. The summed E-state index contributed by atoms with van der Waals surface area (Å²) in [5.74, 6) is -0.169. The van der Waals surface area contributed by atoms with Gasteiger partial charge in [0, 0.05) is 12.8 Å². The summed E-state index contributed by atoms with van der Waals surface area (Å²) in [7, 11) is 1.59. The Hall–Kier alpha value is -1.43. The fourth-order valence-electron chi connectivity index (χ4n) is 1.43. The summed E-state index contributed by atoms with van der Waals surface area (Å²) in [6, 6.07) is 7.62. The van der Waals surface area contributed by atoms with Crippen LogP contribution >= 0.6 is 0 Å². The summed E-state index contributed by atoms with van der Waals surface area (Å²) >= 11 is 0. The lowest BCUT2D eigenvalue weighted by atomic mass is 10.1. The van der Waals surface area contributed by atoms with E-state index in [-0.39, 0.29) is 12.5 Å². The second-order valence-corrected chi connectivity index (χ2v) is 3.83. The van der Waals surface area contributed by atoms with E-state index in [0.717, 1.165) is 17.7 Å². The lowest BCUT2D eigenvalue weighted by Crippen LogP contribution is -2.19. The molecule has 0 aliphatic carbocycles. The maximum absolute atomic E-state index is 11.5. The molecule has 1 aromatic carbocycles. The van der Waals surface area contributed by atoms with Crippen LogP contribution in [0.15, 0.2) is 24.3 Å². The van der Waals surface area contributed by atoms with Crippen LogP contribution in [0.3, 0.4) is 0 Å². The van der Waals surface area contributed by atoms with Crippen LogP contribution in [0.1, 0.15) is 5.56 Å². The van der Waals surface area contributed by atoms with Crippen LogP contribution in [0.25, 0.3) is 0 Å². The fraction of sp³-hybridized carbons (Fsp3) is 0.462. The van der Waals surface area contributed by atoms with Gasteiger partial charge in [0.2, 0.25) is 5.91 Å². The zero-order valence-corrected chi connectivity index (χ0v) is 10.6. The molecular formula is C13H20N2O3.